The third kappa shape index (κ3) is 4.26. The summed E-state index contributed by atoms with van der Waals surface area (Å²) in [5.74, 6) is -0.497. The Hall–Kier alpha value is -2.64. The van der Waals surface area contributed by atoms with Gasteiger partial charge in [0.05, 0.1) is 11.0 Å². The molecule has 1 N–H and O–H groups in total. The number of allylic oxidation sites excluding steroid dienone is 1. The molecule has 8 heteroatoms. The molecule has 0 bridgehead atoms. The predicted molar refractivity (Wildman–Crippen MR) is 99.9 cm³/mol. The molecular weight excluding hydrogens is 371 g/mol. The van der Waals surface area contributed by atoms with Crippen LogP contribution in [0.15, 0.2) is 40.7 Å². The van der Waals surface area contributed by atoms with E-state index in [2.05, 4.69) is 16.4 Å². The predicted octanol–water partition coefficient (Wildman–Crippen LogP) is 3.98. The number of fused-ring (bicyclic) bond motifs is 1. The topological polar surface area (TPSA) is 64.0 Å². The lowest BCUT2D eigenvalue weighted by atomic mass is 9.97. The van der Waals surface area contributed by atoms with E-state index in [4.69, 9.17) is 0 Å². The van der Waals surface area contributed by atoms with Gasteiger partial charge in [-0.1, -0.05) is 23.8 Å². The fourth-order valence-electron chi connectivity index (χ4n) is 3.47. The van der Waals surface area contributed by atoms with E-state index in [-0.39, 0.29) is 11.0 Å². The highest BCUT2D eigenvalue weighted by atomic mass is 19.4. The Morgan fingerprint density at radius 2 is 2.04 bits per heavy atom. The Morgan fingerprint density at radius 3 is 2.71 bits per heavy atom. The molecule has 1 aliphatic carbocycles. The number of rotatable bonds is 5. The van der Waals surface area contributed by atoms with Gasteiger partial charge in [0, 0.05) is 6.54 Å². The van der Waals surface area contributed by atoms with Crippen LogP contribution in [0.5, 0.6) is 0 Å². The smallest absolute Gasteiger partial charge is 0.354 e. The molecule has 1 atom stereocenters. The minimum Gasteiger partial charge on any atom is -0.354 e. The molecule has 1 amide bonds. The monoisotopic (exact) mass is 393 g/mol. The highest BCUT2D eigenvalue weighted by Gasteiger charge is 2.38. The number of carbonyl (C=O) groups is 1. The summed E-state index contributed by atoms with van der Waals surface area (Å²) in [7, 11) is 0. The number of alkyl halides is 3. The normalized spacial score (nSPS) is 15.9. The Balaban J connectivity index is 1.86. The number of nitrogens with one attached hydrogen (secondary N) is 1. The SMILES string of the molecule is CC(C(=O)NCCC1=CCCCC1)n1c(=O)c(C(F)(F)F)nc2ccccc21. The van der Waals surface area contributed by atoms with Crippen LogP contribution in [-0.2, 0) is 11.0 Å². The Labute approximate surface area is 160 Å². The minimum absolute atomic E-state index is 0.0152. The molecule has 1 heterocycles. The fourth-order valence-corrected chi connectivity index (χ4v) is 3.47. The summed E-state index contributed by atoms with van der Waals surface area (Å²) in [6.07, 6.45) is 2.34. The van der Waals surface area contributed by atoms with Crippen molar-refractivity contribution in [3.8, 4) is 0 Å². The molecule has 1 aromatic heterocycles. The number of halogens is 3. The first-order chi connectivity index (χ1) is 13.3. The van der Waals surface area contributed by atoms with Crippen molar-refractivity contribution in [3.63, 3.8) is 0 Å². The average molecular weight is 393 g/mol. The summed E-state index contributed by atoms with van der Waals surface area (Å²) in [4.78, 5) is 28.5. The molecule has 2 aromatic rings. The van der Waals surface area contributed by atoms with E-state index in [1.54, 1.807) is 6.07 Å². The fraction of sp³-hybridized carbons (Fsp3) is 0.450. The van der Waals surface area contributed by atoms with Crippen molar-refractivity contribution in [1.82, 2.24) is 14.9 Å². The molecule has 1 aliphatic rings. The van der Waals surface area contributed by atoms with Crippen LogP contribution in [-0.4, -0.2) is 22.0 Å². The lowest BCUT2D eigenvalue weighted by Crippen LogP contribution is -2.39. The van der Waals surface area contributed by atoms with E-state index >= 15 is 0 Å². The summed E-state index contributed by atoms with van der Waals surface area (Å²) in [5.41, 5.74) is -1.34. The molecule has 0 spiro atoms. The number of carbonyl (C=O) groups excluding carboxylic acids is 1. The maximum absolute atomic E-state index is 13.2. The number of nitrogens with zero attached hydrogens (tertiary/aromatic N) is 2. The van der Waals surface area contributed by atoms with Crippen LogP contribution in [0.4, 0.5) is 13.2 Å². The van der Waals surface area contributed by atoms with Gasteiger partial charge in [0.2, 0.25) is 11.6 Å². The first-order valence-electron chi connectivity index (χ1n) is 9.33. The van der Waals surface area contributed by atoms with Crippen LogP contribution in [0.25, 0.3) is 11.0 Å². The highest BCUT2D eigenvalue weighted by molar-refractivity contribution is 5.83. The van der Waals surface area contributed by atoms with Crippen LogP contribution < -0.4 is 10.9 Å². The van der Waals surface area contributed by atoms with Gasteiger partial charge in [-0.05, 0) is 51.2 Å². The van der Waals surface area contributed by atoms with Gasteiger partial charge in [0.25, 0.3) is 5.56 Å². The minimum atomic E-state index is -4.90. The van der Waals surface area contributed by atoms with Crippen molar-refractivity contribution in [2.45, 2.75) is 51.2 Å². The van der Waals surface area contributed by atoms with E-state index in [0.29, 0.717) is 13.0 Å². The van der Waals surface area contributed by atoms with Crippen molar-refractivity contribution in [2.75, 3.05) is 6.54 Å². The van der Waals surface area contributed by atoms with Gasteiger partial charge >= 0.3 is 6.18 Å². The summed E-state index contributed by atoms with van der Waals surface area (Å²) in [6.45, 7) is 1.81. The van der Waals surface area contributed by atoms with Gasteiger partial charge in [0.1, 0.15) is 6.04 Å². The summed E-state index contributed by atoms with van der Waals surface area (Å²) >= 11 is 0. The molecule has 150 valence electrons. The van der Waals surface area contributed by atoms with E-state index < -0.39 is 29.4 Å². The van der Waals surface area contributed by atoms with Gasteiger partial charge in [-0.2, -0.15) is 13.2 Å². The van der Waals surface area contributed by atoms with Crippen molar-refractivity contribution < 1.29 is 18.0 Å². The second kappa shape index (κ2) is 8.16. The van der Waals surface area contributed by atoms with E-state index in [1.165, 1.54) is 37.1 Å². The van der Waals surface area contributed by atoms with Crippen LogP contribution in [0.2, 0.25) is 0 Å². The van der Waals surface area contributed by atoms with E-state index in [0.717, 1.165) is 23.8 Å². The second-order valence-corrected chi connectivity index (χ2v) is 6.95. The molecule has 3 rings (SSSR count). The van der Waals surface area contributed by atoms with Gasteiger partial charge < -0.3 is 5.32 Å². The van der Waals surface area contributed by atoms with Crippen LogP contribution in [0, 0.1) is 0 Å². The lowest BCUT2D eigenvalue weighted by Gasteiger charge is -2.20. The molecule has 28 heavy (non-hydrogen) atoms. The zero-order valence-corrected chi connectivity index (χ0v) is 15.6. The number of amides is 1. The zero-order valence-electron chi connectivity index (χ0n) is 15.6. The number of aromatic nitrogens is 2. The Bertz CT molecular complexity index is 963. The van der Waals surface area contributed by atoms with E-state index in [1.807, 2.05) is 0 Å². The van der Waals surface area contributed by atoms with Crippen molar-refractivity contribution in [3.05, 3.63) is 52.0 Å². The van der Waals surface area contributed by atoms with Crippen molar-refractivity contribution in [2.24, 2.45) is 0 Å². The van der Waals surface area contributed by atoms with Crippen molar-refractivity contribution >= 4 is 16.9 Å². The molecule has 0 radical (unpaired) electrons. The van der Waals surface area contributed by atoms with Gasteiger partial charge in [-0.25, -0.2) is 4.98 Å². The third-order valence-electron chi connectivity index (χ3n) is 4.96. The quantitative estimate of drug-likeness (QED) is 0.782. The van der Waals surface area contributed by atoms with Gasteiger partial charge in [0.15, 0.2) is 0 Å². The summed E-state index contributed by atoms with van der Waals surface area (Å²) in [5, 5.41) is 2.74. The van der Waals surface area contributed by atoms with Crippen LogP contribution >= 0.6 is 0 Å². The molecule has 0 saturated carbocycles. The molecule has 1 unspecified atom stereocenters. The highest BCUT2D eigenvalue weighted by Crippen LogP contribution is 2.27. The number of para-hydroxylation sites is 2. The Morgan fingerprint density at radius 1 is 1.29 bits per heavy atom. The number of benzene rings is 1. The maximum atomic E-state index is 13.2. The Kier molecular flexibility index (Phi) is 5.86. The van der Waals surface area contributed by atoms with Crippen molar-refractivity contribution in [1.29, 1.82) is 0 Å². The first kappa shape index (κ1) is 20.1. The first-order valence-corrected chi connectivity index (χ1v) is 9.33. The summed E-state index contributed by atoms with van der Waals surface area (Å²) in [6, 6.07) is 4.91. The second-order valence-electron chi connectivity index (χ2n) is 6.95. The van der Waals surface area contributed by atoms with Gasteiger partial charge in [-0.15, -0.1) is 0 Å². The molecule has 5 nitrogen and oxygen atoms in total. The lowest BCUT2D eigenvalue weighted by molar-refractivity contribution is -0.142. The maximum Gasteiger partial charge on any atom is 0.438 e. The number of hydrogen-bond donors (Lipinski definition) is 1. The third-order valence-corrected chi connectivity index (χ3v) is 4.96. The standard InChI is InChI=1S/C20H22F3N3O2/c1-13(18(27)24-12-11-14-7-3-2-4-8-14)26-16-10-6-5-9-15(16)25-17(19(26)28)20(21,22)23/h5-7,9-10,13H,2-4,8,11-12H2,1H3,(H,24,27). The van der Waals surface area contributed by atoms with Gasteiger partial charge in [-0.3, -0.25) is 14.2 Å². The zero-order chi connectivity index (χ0) is 20.3. The number of hydrogen-bond acceptors (Lipinski definition) is 3. The largest absolute Gasteiger partial charge is 0.438 e. The van der Waals surface area contributed by atoms with Crippen LogP contribution in [0.1, 0.15) is 50.8 Å². The molecule has 1 aromatic carbocycles. The summed E-state index contributed by atoms with van der Waals surface area (Å²) < 4.78 is 40.6. The molecule has 0 fully saturated rings. The van der Waals surface area contributed by atoms with Crippen LogP contribution in [0.3, 0.4) is 0 Å². The molecular formula is C20H22F3N3O2. The van der Waals surface area contributed by atoms with E-state index in [9.17, 15) is 22.8 Å². The molecule has 0 aliphatic heterocycles. The average Bonchev–Trinajstić information content (AvgIpc) is 2.67. The molecule has 0 saturated heterocycles.